The standard InChI is InChI=1S/C22H22Br2N4O5/c1-12-15(23)9-13(10-16(12)24)11-17(19(29)30)26-20(31)28-7-4-22(5-8-28)14-3-2-6-25-18(14)27-21(32)33-22/h2-3,6,9-10,17H,4-5,7-8,11H2,1H3,(H,26,31)(H,29,30)(H,25,27,32)/t17-/m1/s1. The summed E-state index contributed by atoms with van der Waals surface area (Å²) < 4.78 is 7.36. The van der Waals surface area contributed by atoms with E-state index in [-0.39, 0.29) is 6.42 Å². The van der Waals surface area contributed by atoms with Gasteiger partial charge in [-0.05, 0) is 42.3 Å². The van der Waals surface area contributed by atoms with Crippen molar-refractivity contribution < 1.29 is 24.2 Å². The van der Waals surface area contributed by atoms with Crippen LogP contribution in [-0.4, -0.2) is 52.2 Å². The van der Waals surface area contributed by atoms with Crippen LogP contribution in [0.15, 0.2) is 39.4 Å². The van der Waals surface area contributed by atoms with Gasteiger partial charge in [0.1, 0.15) is 17.5 Å². The summed E-state index contributed by atoms with van der Waals surface area (Å²) in [5, 5.41) is 14.9. The van der Waals surface area contributed by atoms with Crippen LogP contribution in [0.25, 0.3) is 0 Å². The molecule has 0 bridgehead atoms. The van der Waals surface area contributed by atoms with Gasteiger partial charge in [0.15, 0.2) is 0 Å². The third-order valence-electron chi connectivity index (χ3n) is 6.04. The molecule has 2 aliphatic rings. The first-order valence-corrected chi connectivity index (χ1v) is 12.0. The average molecular weight is 582 g/mol. The molecule has 174 valence electrons. The second-order valence-corrected chi connectivity index (χ2v) is 9.83. The van der Waals surface area contributed by atoms with Gasteiger partial charge in [-0.2, -0.15) is 0 Å². The summed E-state index contributed by atoms with van der Waals surface area (Å²) in [4.78, 5) is 42.5. The number of ether oxygens (including phenoxy) is 1. The van der Waals surface area contributed by atoms with Gasteiger partial charge in [0.05, 0.1) is 0 Å². The topological polar surface area (TPSA) is 121 Å². The average Bonchev–Trinajstić information content (AvgIpc) is 2.77. The lowest BCUT2D eigenvalue weighted by Gasteiger charge is -2.43. The van der Waals surface area contributed by atoms with Crippen LogP contribution in [0.5, 0.6) is 0 Å². The molecule has 1 fully saturated rings. The molecular weight excluding hydrogens is 560 g/mol. The van der Waals surface area contributed by atoms with Crippen LogP contribution in [0.1, 0.15) is 29.5 Å². The zero-order chi connectivity index (χ0) is 23.8. The molecule has 1 aromatic heterocycles. The fourth-order valence-corrected chi connectivity index (χ4v) is 5.44. The number of aliphatic carboxylic acids is 1. The Morgan fingerprint density at radius 1 is 1.30 bits per heavy atom. The summed E-state index contributed by atoms with van der Waals surface area (Å²) >= 11 is 6.94. The molecule has 0 saturated carbocycles. The van der Waals surface area contributed by atoms with Crippen LogP contribution in [-0.2, 0) is 21.6 Å². The number of carboxylic acids is 1. The lowest BCUT2D eigenvalue weighted by Crippen LogP contribution is -2.54. The van der Waals surface area contributed by atoms with Gasteiger partial charge in [-0.1, -0.05) is 31.9 Å². The third kappa shape index (κ3) is 4.84. The highest BCUT2D eigenvalue weighted by atomic mass is 79.9. The number of carbonyl (C=O) groups excluding carboxylic acids is 2. The van der Waals surface area contributed by atoms with E-state index in [2.05, 4.69) is 47.5 Å². The highest BCUT2D eigenvalue weighted by Crippen LogP contribution is 2.42. The number of piperidine rings is 1. The minimum atomic E-state index is -1.11. The molecular formula is C22H22Br2N4O5. The van der Waals surface area contributed by atoms with E-state index in [0.717, 1.165) is 25.6 Å². The number of benzene rings is 1. The monoisotopic (exact) mass is 580 g/mol. The Kier molecular flexibility index (Phi) is 6.62. The van der Waals surface area contributed by atoms with Gasteiger partial charge in [-0.15, -0.1) is 0 Å². The SMILES string of the molecule is Cc1c(Br)cc(C[C@@H](NC(=O)N2CCC3(CC2)OC(=O)Nc2ncccc23)C(=O)O)cc1Br. The van der Waals surface area contributed by atoms with Crippen molar-refractivity contribution >= 4 is 55.8 Å². The number of anilines is 1. The first-order chi connectivity index (χ1) is 15.7. The molecule has 0 radical (unpaired) electrons. The van der Waals surface area contributed by atoms with Crippen molar-refractivity contribution in [3.8, 4) is 0 Å². The number of nitrogens with zero attached hydrogens (tertiary/aromatic N) is 2. The first kappa shape index (κ1) is 23.5. The predicted molar refractivity (Wildman–Crippen MR) is 127 cm³/mol. The second kappa shape index (κ2) is 9.30. The lowest BCUT2D eigenvalue weighted by molar-refractivity contribution is -0.139. The highest BCUT2D eigenvalue weighted by molar-refractivity contribution is 9.11. The smallest absolute Gasteiger partial charge is 0.413 e. The van der Waals surface area contributed by atoms with Crippen molar-refractivity contribution in [2.24, 2.45) is 0 Å². The molecule has 2 aliphatic heterocycles. The number of fused-ring (bicyclic) bond motifs is 2. The second-order valence-electron chi connectivity index (χ2n) is 8.12. The van der Waals surface area contributed by atoms with Gasteiger partial charge in [-0.25, -0.2) is 19.4 Å². The molecule has 1 aromatic carbocycles. The van der Waals surface area contributed by atoms with Crippen molar-refractivity contribution in [2.75, 3.05) is 18.4 Å². The summed E-state index contributed by atoms with van der Waals surface area (Å²) in [7, 11) is 0. The summed E-state index contributed by atoms with van der Waals surface area (Å²) in [6, 6.07) is 5.79. The number of nitrogens with one attached hydrogen (secondary N) is 2. The Labute approximate surface area is 207 Å². The fourth-order valence-electron chi connectivity index (χ4n) is 4.16. The minimum Gasteiger partial charge on any atom is -0.480 e. The number of amides is 3. The summed E-state index contributed by atoms with van der Waals surface area (Å²) in [5.41, 5.74) is 1.71. The minimum absolute atomic E-state index is 0.138. The highest BCUT2D eigenvalue weighted by Gasteiger charge is 2.45. The number of likely N-dealkylation sites (tertiary alicyclic amines) is 1. The summed E-state index contributed by atoms with van der Waals surface area (Å²) in [5.74, 6) is -0.648. The Bertz CT molecular complexity index is 1090. The maximum atomic E-state index is 12.9. The van der Waals surface area contributed by atoms with Crippen molar-refractivity contribution in [1.82, 2.24) is 15.2 Å². The van der Waals surface area contributed by atoms with Gasteiger partial charge in [0.2, 0.25) is 0 Å². The van der Waals surface area contributed by atoms with Crippen molar-refractivity contribution in [1.29, 1.82) is 0 Å². The van der Waals surface area contributed by atoms with Gasteiger partial charge >= 0.3 is 18.1 Å². The molecule has 11 heteroatoms. The molecule has 3 amide bonds. The Hall–Kier alpha value is -2.66. The van der Waals surface area contributed by atoms with E-state index in [4.69, 9.17) is 4.74 Å². The largest absolute Gasteiger partial charge is 0.480 e. The van der Waals surface area contributed by atoms with Gasteiger partial charge in [0, 0.05) is 53.1 Å². The number of pyridine rings is 1. The molecule has 9 nitrogen and oxygen atoms in total. The van der Waals surface area contributed by atoms with Crippen LogP contribution in [0, 0.1) is 6.92 Å². The first-order valence-electron chi connectivity index (χ1n) is 10.4. The maximum absolute atomic E-state index is 12.9. The van der Waals surface area contributed by atoms with Gasteiger partial charge in [0.25, 0.3) is 0 Å². The number of carboxylic acid groups (broad SMARTS) is 1. The third-order valence-corrected chi connectivity index (χ3v) is 7.69. The van der Waals surface area contributed by atoms with Crippen LogP contribution in [0.2, 0.25) is 0 Å². The molecule has 33 heavy (non-hydrogen) atoms. The zero-order valence-corrected chi connectivity index (χ0v) is 20.9. The molecule has 2 aromatic rings. The Balaban J connectivity index is 1.43. The van der Waals surface area contributed by atoms with Crippen molar-refractivity contribution in [3.63, 3.8) is 0 Å². The number of carbonyl (C=O) groups is 3. The Morgan fingerprint density at radius 3 is 2.61 bits per heavy atom. The van der Waals surface area contributed by atoms with E-state index >= 15 is 0 Å². The number of rotatable bonds is 4. The molecule has 1 atom stereocenters. The lowest BCUT2D eigenvalue weighted by atomic mass is 9.83. The molecule has 4 rings (SSSR count). The number of hydrogen-bond donors (Lipinski definition) is 3. The molecule has 1 spiro atoms. The van der Waals surface area contributed by atoms with Gasteiger partial charge < -0.3 is 20.1 Å². The van der Waals surface area contributed by atoms with Crippen LogP contribution >= 0.6 is 31.9 Å². The number of urea groups is 1. The molecule has 3 heterocycles. The normalized spacial score (nSPS) is 17.5. The quantitative estimate of drug-likeness (QED) is 0.498. The maximum Gasteiger partial charge on any atom is 0.413 e. The van der Waals surface area contributed by atoms with E-state index in [9.17, 15) is 19.5 Å². The molecule has 0 unspecified atom stereocenters. The molecule has 1 saturated heterocycles. The van der Waals surface area contributed by atoms with Crippen molar-refractivity contribution in [2.45, 2.75) is 37.8 Å². The van der Waals surface area contributed by atoms with Crippen LogP contribution < -0.4 is 10.6 Å². The van der Waals surface area contributed by atoms with Crippen LogP contribution in [0.4, 0.5) is 15.4 Å². The number of hydrogen-bond acceptors (Lipinski definition) is 5. The van der Waals surface area contributed by atoms with E-state index in [0.29, 0.717) is 31.7 Å². The summed E-state index contributed by atoms with van der Waals surface area (Å²) in [6.45, 7) is 2.55. The molecule has 0 aliphatic carbocycles. The van der Waals surface area contributed by atoms with E-state index in [1.165, 1.54) is 0 Å². The van der Waals surface area contributed by atoms with Gasteiger partial charge in [-0.3, -0.25) is 5.32 Å². The zero-order valence-electron chi connectivity index (χ0n) is 17.7. The van der Waals surface area contributed by atoms with Crippen molar-refractivity contribution in [3.05, 3.63) is 56.1 Å². The number of halogens is 2. The Morgan fingerprint density at radius 2 is 1.97 bits per heavy atom. The van der Waals surface area contributed by atoms with E-state index in [1.54, 1.807) is 17.2 Å². The molecule has 3 N–H and O–H groups in total. The predicted octanol–water partition coefficient (Wildman–Crippen LogP) is 4.17. The van der Waals surface area contributed by atoms with E-state index < -0.39 is 29.7 Å². The number of aromatic nitrogens is 1. The fraction of sp³-hybridized carbons (Fsp3) is 0.364. The van der Waals surface area contributed by atoms with E-state index in [1.807, 2.05) is 25.1 Å². The summed E-state index contributed by atoms with van der Waals surface area (Å²) in [6.07, 6.45) is 1.95. The van der Waals surface area contributed by atoms with Crippen LogP contribution in [0.3, 0.4) is 0 Å².